The van der Waals surface area contributed by atoms with Crippen LogP contribution in [0.15, 0.2) is 30.3 Å². The standard InChI is InChI=1S/C24H35NO4/c1-15(22(28-5)20-13-17-12-19(17)25-20)21(26)14-18(23(27)29-24(2,3)4)11-16-9-7-6-8-10-16/h6-10,15,17-20,22,25H,11-14H2,1-5H3/t15-,17-,18+,19-,20-,22+/m0/s1. The molecule has 1 aliphatic heterocycles. The second-order valence-electron chi connectivity index (χ2n) is 9.69. The molecule has 0 aromatic heterocycles. The molecule has 1 heterocycles. The molecule has 5 heteroatoms. The highest BCUT2D eigenvalue weighted by Crippen LogP contribution is 2.42. The second kappa shape index (κ2) is 8.97. The predicted octanol–water partition coefficient (Wildman–Crippen LogP) is 3.55. The van der Waals surface area contributed by atoms with Gasteiger partial charge in [0.15, 0.2) is 0 Å². The number of nitrogens with one attached hydrogen (secondary N) is 1. The van der Waals surface area contributed by atoms with E-state index in [9.17, 15) is 9.59 Å². The molecule has 5 nitrogen and oxygen atoms in total. The van der Waals surface area contributed by atoms with Crippen molar-refractivity contribution in [2.24, 2.45) is 17.8 Å². The third kappa shape index (κ3) is 5.89. The maximum Gasteiger partial charge on any atom is 0.310 e. The monoisotopic (exact) mass is 401 g/mol. The van der Waals surface area contributed by atoms with Crippen molar-refractivity contribution in [2.45, 2.75) is 77.2 Å². The highest BCUT2D eigenvalue weighted by Gasteiger charge is 2.49. The van der Waals surface area contributed by atoms with E-state index in [1.807, 2.05) is 58.0 Å². The number of Topliss-reactive ketones (excluding diaryl/α,β-unsaturated/α-hetero) is 1. The molecule has 1 aromatic rings. The lowest BCUT2D eigenvalue weighted by molar-refractivity contribution is -0.161. The summed E-state index contributed by atoms with van der Waals surface area (Å²) in [6.45, 7) is 7.49. The molecule has 160 valence electrons. The lowest BCUT2D eigenvalue weighted by Gasteiger charge is -2.30. The predicted molar refractivity (Wildman–Crippen MR) is 113 cm³/mol. The van der Waals surface area contributed by atoms with Crippen molar-refractivity contribution in [1.29, 1.82) is 0 Å². The molecule has 1 aromatic carbocycles. The average Bonchev–Trinajstić information content (AvgIpc) is 3.26. The first kappa shape index (κ1) is 22.0. The molecule has 0 bridgehead atoms. The molecule has 1 aliphatic carbocycles. The first-order chi connectivity index (χ1) is 13.7. The maximum atomic E-state index is 13.1. The van der Waals surface area contributed by atoms with Gasteiger partial charge in [-0.3, -0.25) is 9.59 Å². The van der Waals surface area contributed by atoms with Gasteiger partial charge in [-0.25, -0.2) is 0 Å². The van der Waals surface area contributed by atoms with E-state index < -0.39 is 11.5 Å². The number of carbonyl (C=O) groups excluding carboxylic acids is 2. The molecular formula is C24H35NO4. The highest BCUT2D eigenvalue weighted by molar-refractivity contribution is 5.86. The Bertz CT molecular complexity index is 701. The van der Waals surface area contributed by atoms with E-state index in [4.69, 9.17) is 9.47 Å². The topological polar surface area (TPSA) is 64.6 Å². The molecule has 0 amide bonds. The van der Waals surface area contributed by atoms with E-state index in [-0.39, 0.29) is 36.2 Å². The van der Waals surface area contributed by atoms with Crippen molar-refractivity contribution in [3.05, 3.63) is 35.9 Å². The lowest BCUT2D eigenvalue weighted by atomic mass is 9.85. The van der Waals surface area contributed by atoms with Crippen LogP contribution in [0.25, 0.3) is 0 Å². The largest absolute Gasteiger partial charge is 0.460 e. The van der Waals surface area contributed by atoms with Gasteiger partial charge in [0.25, 0.3) is 0 Å². The molecule has 2 aliphatic rings. The van der Waals surface area contributed by atoms with E-state index in [0.29, 0.717) is 12.5 Å². The first-order valence-corrected chi connectivity index (χ1v) is 10.8. The minimum Gasteiger partial charge on any atom is -0.460 e. The van der Waals surface area contributed by atoms with Crippen LogP contribution in [0.2, 0.25) is 0 Å². The first-order valence-electron chi connectivity index (χ1n) is 10.8. The fraction of sp³-hybridized carbons (Fsp3) is 0.667. The third-order valence-corrected chi connectivity index (χ3v) is 6.09. The summed E-state index contributed by atoms with van der Waals surface area (Å²) in [5.41, 5.74) is 0.453. The van der Waals surface area contributed by atoms with E-state index in [2.05, 4.69) is 5.32 Å². The zero-order chi connectivity index (χ0) is 21.2. The summed E-state index contributed by atoms with van der Waals surface area (Å²) in [6.07, 6.45) is 2.82. The number of rotatable bonds is 9. The van der Waals surface area contributed by atoms with E-state index in [1.54, 1.807) is 7.11 Å². The second-order valence-corrected chi connectivity index (χ2v) is 9.69. The van der Waals surface area contributed by atoms with Crippen LogP contribution in [-0.4, -0.2) is 42.7 Å². The number of ether oxygens (including phenoxy) is 2. The van der Waals surface area contributed by atoms with Crippen LogP contribution in [0.5, 0.6) is 0 Å². The minimum absolute atomic E-state index is 0.0611. The van der Waals surface area contributed by atoms with Crippen LogP contribution in [0.3, 0.4) is 0 Å². The molecule has 0 radical (unpaired) electrons. The van der Waals surface area contributed by atoms with Crippen LogP contribution in [0.1, 0.15) is 52.5 Å². The smallest absolute Gasteiger partial charge is 0.310 e. The van der Waals surface area contributed by atoms with Gasteiger partial charge in [0, 0.05) is 31.5 Å². The van der Waals surface area contributed by atoms with Gasteiger partial charge in [-0.15, -0.1) is 0 Å². The van der Waals surface area contributed by atoms with Gasteiger partial charge in [-0.2, -0.15) is 0 Å². The van der Waals surface area contributed by atoms with Crippen molar-refractivity contribution in [1.82, 2.24) is 5.32 Å². The number of hydrogen-bond acceptors (Lipinski definition) is 5. The normalized spacial score (nSPS) is 26.3. The molecular weight excluding hydrogens is 366 g/mol. The molecule has 1 saturated carbocycles. The summed E-state index contributed by atoms with van der Waals surface area (Å²) in [7, 11) is 1.68. The Kier molecular flexibility index (Phi) is 6.79. The van der Waals surface area contributed by atoms with Crippen LogP contribution >= 0.6 is 0 Å². The van der Waals surface area contributed by atoms with Crippen molar-refractivity contribution in [2.75, 3.05) is 7.11 Å². The van der Waals surface area contributed by atoms with E-state index in [0.717, 1.165) is 17.9 Å². The molecule has 2 fully saturated rings. The minimum atomic E-state index is -0.579. The summed E-state index contributed by atoms with van der Waals surface area (Å²) in [5, 5.41) is 3.59. The molecule has 0 spiro atoms. The summed E-state index contributed by atoms with van der Waals surface area (Å²) in [4.78, 5) is 26.0. The van der Waals surface area contributed by atoms with E-state index >= 15 is 0 Å². The summed E-state index contributed by atoms with van der Waals surface area (Å²) < 4.78 is 11.4. The third-order valence-electron chi connectivity index (χ3n) is 6.09. The Hall–Kier alpha value is -1.72. The molecule has 6 atom stereocenters. The van der Waals surface area contributed by atoms with Crippen LogP contribution < -0.4 is 5.32 Å². The van der Waals surface area contributed by atoms with Crippen molar-refractivity contribution in [3.8, 4) is 0 Å². The zero-order valence-corrected chi connectivity index (χ0v) is 18.3. The fourth-order valence-corrected chi connectivity index (χ4v) is 4.46. The number of esters is 1. The van der Waals surface area contributed by atoms with Gasteiger partial charge in [0.1, 0.15) is 11.4 Å². The Morgan fingerprint density at radius 1 is 1.17 bits per heavy atom. The van der Waals surface area contributed by atoms with Crippen LogP contribution in [0, 0.1) is 17.8 Å². The Labute approximate surface area is 174 Å². The number of fused-ring (bicyclic) bond motifs is 1. The number of benzene rings is 1. The van der Waals surface area contributed by atoms with Gasteiger partial charge in [0.2, 0.25) is 0 Å². The quantitative estimate of drug-likeness (QED) is 0.641. The zero-order valence-electron chi connectivity index (χ0n) is 18.3. The molecule has 3 rings (SSSR count). The number of methoxy groups -OCH3 is 1. The molecule has 1 saturated heterocycles. The maximum absolute atomic E-state index is 13.1. The summed E-state index contributed by atoms with van der Waals surface area (Å²) in [5.74, 6) is -0.264. The molecule has 0 unspecified atom stereocenters. The number of ketones is 1. The SMILES string of the molecule is CO[C@@H]([C@@H]1C[C@@H]2C[C@@H]2N1)[C@@H](C)C(=O)C[C@@H](Cc1ccccc1)C(=O)OC(C)(C)C. The number of piperidine rings is 1. The Morgan fingerprint density at radius 2 is 1.86 bits per heavy atom. The molecule has 1 N–H and O–H groups in total. The van der Waals surface area contributed by atoms with Gasteiger partial charge in [-0.1, -0.05) is 37.3 Å². The average molecular weight is 402 g/mol. The van der Waals surface area contributed by atoms with Gasteiger partial charge in [-0.05, 0) is 51.5 Å². The van der Waals surface area contributed by atoms with Gasteiger partial charge < -0.3 is 14.8 Å². The number of carbonyl (C=O) groups is 2. The van der Waals surface area contributed by atoms with Crippen molar-refractivity contribution >= 4 is 11.8 Å². The summed E-state index contributed by atoms with van der Waals surface area (Å²) >= 11 is 0. The van der Waals surface area contributed by atoms with Crippen molar-refractivity contribution < 1.29 is 19.1 Å². The fourth-order valence-electron chi connectivity index (χ4n) is 4.46. The van der Waals surface area contributed by atoms with Crippen LogP contribution in [0.4, 0.5) is 0 Å². The van der Waals surface area contributed by atoms with Crippen LogP contribution in [-0.2, 0) is 25.5 Å². The summed E-state index contributed by atoms with van der Waals surface area (Å²) in [6, 6.07) is 10.6. The highest BCUT2D eigenvalue weighted by atomic mass is 16.6. The van der Waals surface area contributed by atoms with Gasteiger partial charge >= 0.3 is 5.97 Å². The van der Waals surface area contributed by atoms with Crippen molar-refractivity contribution in [3.63, 3.8) is 0 Å². The lowest BCUT2D eigenvalue weighted by Crippen LogP contribution is -2.45. The Balaban J connectivity index is 1.67. The molecule has 29 heavy (non-hydrogen) atoms. The van der Waals surface area contributed by atoms with Gasteiger partial charge in [0.05, 0.1) is 12.0 Å². The number of hydrogen-bond donors (Lipinski definition) is 1. The van der Waals surface area contributed by atoms with E-state index in [1.165, 1.54) is 6.42 Å². The Morgan fingerprint density at radius 3 is 2.41 bits per heavy atom.